The fraction of sp³-hybridized carbons (Fsp3) is 0.263. The summed E-state index contributed by atoms with van der Waals surface area (Å²) in [5.41, 5.74) is 3.68. The summed E-state index contributed by atoms with van der Waals surface area (Å²) in [7, 11) is 1.80. The average molecular weight is 353 g/mol. The Balaban J connectivity index is 1.45. The van der Waals surface area contributed by atoms with E-state index in [-0.39, 0.29) is 0 Å². The highest BCUT2D eigenvalue weighted by Crippen LogP contribution is 2.14. The van der Waals surface area contributed by atoms with Gasteiger partial charge in [-0.15, -0.1) is 11.3 Å². The van der Waals surface area contributed by atoms with Gasteiger partial charge in [0.25, 0.3) is 0 Å². The zero-order valence-electron chi connectivity index (χ0n) is 14.6. The van der Waals surface area contributed by atoms with E-state index in [9.17, 15) is 0 Å². The van der Waals surface area contributed by atoms with Crippen LogP contribution in [0.2, 0.25) is 0 Å². The van der Waals surface area contributed by atoms with E-state index in [1.165, 1.54) is 16.0 Å². The number of hydrogen-bond donors (Lipinski definition) is 2. The Hall–Kier alpha value is -2.60. The molecule has 0 fully saturated rings. The molecular formula is C19H23N5S. The number of aliphatic imine (C=N–C) groups is 1. The minimum atomic E-state index is 0.807. The van der Waals surface area contributed by atoms with Crippen molar-refractivity contribution < 1.29 is 0 Å². The van der Waals surface area contributed by atoms with E-state index in [4.69, 9.17) is 0 Å². The van der Waals surface area contributed by atoms with Crippen molar-refractivity contribution in [3.63, 3.8) is 0 Å². The molecule has 0 saturated carbocycles. The van der Waals surface area contributed by atoms with Crippen molar-refractivity contribution >= 4 is 17.3 Å². The lowest BCUT2D eigenvalue weighted by Gasteiger charge is -2.12. The second kappa shape index (κ2) is 8.48. The van der Waals surface area contributed by atoms with Gasteiger partial charge < -0.3 is 10.6 Å². The number of thiophene rings is 1. The number of rotatable bonds is 6. The van der Waals surface area contributed by atoms with E-state index in [0.717, 1.165) is 31.2 Å². The number of aryl methyl sites for hydroxylation is 1. The van der Waals surface area contributed by atoms with Gasteiger partial charge in [-0.05, 0) is 54.1 Å². The maximum Gasteiger partial charge on any atom is 0.191 e. The molecule has 2 aromatic heterocycles. The van der Waals surface area contributed by atoms with Crippen molar-refractivity contribution in [2.24, 2.45) is 4.99 Å². The van der Waals surface area contributed by atoms with Crippen LogP contribution in [-0.4, -0.2) is 29.3 Å². The molecule has 0 saturated heterocycles. The summed E-state index contributed by atoms with van der Waals surface area (Å²) in [5.74, 6) is 0.834. The lowest BCUT2D eigenvalue weighted by Crippen LogP contribution is -2.37. The van der Waals surface area contributed by atoms with Crippen LogP contribution < -0.4 is 10.6 Å². The van der Waals surface area contributed by atoms with Gasteiger partial charge in [0.1, 0.15) is 0 Å². The van der Waals surface area contributed by atoms with Crippen LogP contribution in [0, 0.1) is 6.92 Å². The van der Waals surface area contributed by atoms with Crippen LogP contribution in [-0.2, 0) is 13.0 Å². The first-order valence-corrected chi connectivity index (χ1v) is 9.20. The van der Waals surface area contributed by atoms with Crippen molar-refractivity contribution in [3.8, 4) is 5.69 Å². The quantitative estimate of drug-likeness (QED) is 0.529. The Labute approximate surface area is 152 Å². The standard InChI is InChI=1S/C19H23N5S/c1-15-9-13-25-18(15)14-22-19(20-2)21-11-8-16-4-6-17(7-5-16)24-12-3-10-23-24/h3-7,9-10,12-13H,8,11,14H2,1-2H3,(H2,20,21,22). The number of nitrogens with one attached hydrogen (secondary N) is 2. The zero-order valence-corrected chi connectivity index (χ0v) is 15.4. The van der Waals surface area contributed by atoms with Gasteiger partial charge in [0.15, 0.2) is 5.96 Å². The molecule has 0 radical (unpaired) electrons. The van der Waals surface area contributed by atoms with Crippen LogP contribution in [0.5, 0.6) is 0 Å². The van der Waals surface area contributed by atoms with Crippen LogP contribution in [0.4, 0.5) is 0 Å². The highest BCUT2D eigenvalue weighted by atomic mass is 32.1. The van der Waals surface area contributed by atoms with E-state index < -0.39 is 0 Å². The summed E-state index contributed by atoms with van der Waals surface area (Å²) >= 11 is 1.77. The second-order valence-corrected chi connectivity index (χ2v) is 6.75. The molecule has 2 N–H and O–H groups in total. The minimum absolute atomic E-state index is 0.807. The summed E-state index contributed by atoms with van der Waals surface area (Å²) in [4.78, 5) is 5.63. The highest BCUT2D eigenvalue weighted by Gasteiger charge is 2.02. The maximum atomic E-state index is 4.28. The molecule has 25 heavy (non-hydrogen) atoms. The fourth-order valence-corrected chi connectivity index (χ4v) is 3.38. The predicted octanol–water partition coefficient (Wildman–Crippen LogP) is 3.15. The Morgan fingerprint density at radius 2 is 2.04 bits per heavy atom. The van der Waals surface area contributed by atoms with E-state index in [2.05, 4.69) is 63.4 Å². The van der Waals surface area contributed by atoms with Crippen LogP contribution in [0.25, 0.3) is 5.69 Å². The van der Waals surface area contributed by atoms with Crippen LogP contribution >= 0.6 is 11.3 Å². The Morgan fingerprint density at radius 3 is 2.68 bits per heavy atom. The van der Waals surface area contributed by atoms with Crippen molar-refractivity contribution in [3.05, 3.63) is 70.2 Å². The van der Waals surface area contributed by atoms with E-state index in [0.29, 0.717) is 0 Å². The highest BCUT2D eigenvalue weighted by molar-refractivity contribution is 7.10. The molecule has 130 valence electrons. The van der Waals surface area contributed by atoms with Gasteiger partial charge in [-0.3, -0.25) is 4.99 Å². The second-order valence-electron chi connectivity index (χ2n) is 5.75. The molecule has 0 aliphatic carbocycles. The topological polar surface area (TPSA) is 54.2 Å². The molecule has 0 unspecified atom stereocenters. The Morgan fingerprint density at radius 1 is 1.20 bits per heavy atom. The Bertz CT molecular complexity index is 803. The van der Waals surface area contributed by atoms with Crippen LogP contribution in [0.15, 0.2) is 59.2 Å². The third-order valence-corrected chi connectivity index (χ3v) is 5.04. The summed E-state index contributed by atoms with van der Waals surface area (Å²) in [6.07, 6.45) is 4.67. The van der Waals surface area contributed by atoms with Crippen molar-refractivity contribution in [1.29, 1.82) is 0 Å². The third kappa shape index (κ3) is 4.70. The molecule has 0 amide bonds. The molecular weight excluding hydrogens is 330 g/mol. The van der Waals surface area contributed by atoms with Gasteiger partial charge >= 0.3 is 0 Å². The molecule has 0 bridgehead atoms. The molecule has 5 nitrogen and oxygen atoms in total. The molecule has 1 aromatic carbocycles. The number of aromatic nitrogens is 2. The van der Waals surface area contributed by atoms with Gasteiger partial charge in [-0.2, -0.15) is 5.10 Å². The van der Waals surface area contributed by atoms with Crippen molar-refractivity contribution in [2.75, 3.05) is 13.6 Å². The van der Waals surface area contributed by atoms with Gasteiger partial charge in [0, 0.05) is 30.9 Å². The van der Waals surface area contributed by atoms with E-state index >= 15 is 0 Å². The predicted molar refractivity (Wildman–Crippen MR) is 105 cm³/mol. The first-order chi connectivity index (χ1) is 12.3. The zero-order chi connectivity index (χ0) is 17.5. The summed E-state index contributed by atoms with van der Waals surface area (Å²) in [6, 6.07) is 12.5. The fourth-order valence-electron chi connectivity index (χ4n) is 2.53. The van der Waals surface area contributed by atoms with E-state index in [1.807, 2.05) is 16.9 Å². The first-order valence-electron chi connectivity index (χ1n) is 8.32. The monoisotopic (exact) mass is 353 g/mol. The third-order valence-electron chi connectivity index (χ3n) is 4.02. The van der Waals surface area contributed by atoms with Gasteiger partial charge in [-0.25, -0.2) is 4.68 Å². The van der Waals surface area contributed by atoms with Gasteiger partial charge in [0.2, 0.25) is 0 Å². The summed E-state index contributed by atoms with van der Waals surface area (Å²) in [6.45, 7) is 3.78. The van der Waals surface area contributed by atoms with Gasteiger partial charge in [0.05, 0.1) is 12.2 Å². The number of guanidine groups is 1. The van der Waals surface area contributed by atoms with E-state index in [1.54, 1.807) is 24.6 Å². The summed E-state index contributed by atoms with van der Waals surface area (Å²) < 4.78 is 1.86. The van der Waals surface area contributed by atoms with Crippen LogP contribution in [0.3, 0.4) is 0 Å². The number of benzene rings is 1. The number of nitrogens with zero attached hydrogens (tertiary/aromatic N) is 3. The van der Waals surface area contributed by atoms with Crippen LogP contribution in [0.1, 0.15) is 16.0 Å². The molecule has 0 aliphatic rings. The molecule has 3 rings (SSSR count). The van der Waals surface area contributed by atoms with Crippen molar-refractivity contribution in [2.45, 2.75) is 19.9 Å². The Kier molecular flexibility index (Phi) is 5.85. The molecule has 0 spiro atoms. The first kappa shape index (κ1) is 17.2. The molecule has 2 heterocycles. The van der Waals surface area contributed by atoms with Crippen molar-refractivity contribution in [1.82, 2.24) is 20.4 Å². The molecule has 6 heteroatoms. The smallest absolute Gasteiger partial charge is 0.191 e. The molecule has 0 atom stereocenters. The average Bonchev–Trinajstić information content (AvgIpc) is 3.30. The lowest BCUT2D eigenvalue weighted by molar-refractivity contribution is 0.797. The minimum Gasteiger partial charge on any atom is -0.356 e. The number of hydrogen-bond acceptors (Lipinski definition) is 3. The SMILES string of the molecule is CN=C(NCCc1ccc(-n2cccn2)cc1)NCc1sccc1C. The maximum absolute atomic E-state index is 4.28. The van der Waals surface area contributed by atoms with Gasteiger partial charge in [-0.1, -0.05) is 12.1 Å². The largest absolute Gasteiger partial charge is 0.356 e. The molecule has 0 aliphatic heterocycles. The lowest BCUT2D eigenvalue weighted by atomic mass is 10.1. The summed E-state index contributed by atoms with van der Waals surface area (Å²) in [5, 5.41) is 13.1. The molecule has 3 aromatic rings. The normalized spacial score (nSPS) is 11.5.